The molecule has 0 unspecified atom stereocenters. The highest BCUT2D eigenvalue weighted by atomic mass is 32.2. The van der Waals surface area contributed by atoms with E-state index in [1.54, 1.807) is 11.7 Å². The molecule has 0 aliphatic heterocycles. The van der Waals surface area contributed by atoms with Crippen LogP contribution in [0.1, 0.15) is 0 Å². The third-order valence-electron chi connectivity index (χ3n) is 1.66. The predicted octanol–water partition coefficient (Wildman–Crippen LogP) is 1.00. The van der Waals surface area contributed by atoms with Gasteiger partial charge >= 0.3 is 0 Å². The Morgan fingerprint density at radius 2 is 2.20 bits per heavy atom. The van der Waals surface area contributed by atoms with E-state index in [2.05, 4.69) is 15.0 Å². The Morgan fingerprint density at radius 1 is 1.40 bits per heavy atom. The molecule has 5 nitrogen and oxygen atoms in total. The van der Waals surface area contributed by atoms with Crippen molar-refractivity contribution in [3.05, 3.63) is 24.0 Å². The Hall–Kier alpha value is -1.34. The monoisotopic (exact) mass is 241 g/mol. The number of thiazole rings is 1. The smallest absolute Gasteiger partial charge is 0.192 e. The molecule has 2 aromatic heterocycles. The van der Waals surface area contributed by atoms with Gasteiger partial charge in [-0.1, -0.05) is 0 Å². The van der Waals surface area contributed by atoms with Gasteiger partial charge in [-0.05, 0) is 6.07 Å². The fraction of sp³-hybridized carbons (Fsp3) is 0.125. The largest absolute Gasteiger partial charge is 0.252 e. The van der Waals surface area contributed by atoms with Gasteiger partial charge in [0.05, 0.1) is 10.4 Å². The zero-order chi connectivity index (χ0) is 10.9. The van der Waals surface area contributed by atoms with Crippen molar-refractivity contribution in [3.63, 3.8) is 0 Å². The highest BCUT2D eigenvalue weighted by Gasteiger charge is 2.11. The molecule has 2 aromatic rings. The van der Waals surface area contributed by atoms with Crippen LogP contribution < -0.4 is 0 Å². The lowest BCUT2D eigenvalue weighted by molar-refractivity contribution is 0.598. The summed E-state index contributed by atoms with van der Waals surface area (Å²) in [6, 6.07) is 1.37. The van der Waals surface area contributed by atoms with Crippen molar-refractivity contribution in [2.75, 3.05) is 6.26 Å². The maximum absolute atomic E-state index is 11.3. The SMILES string of the molecule is CS(=O)(=O)c1ccnc(-c2cncs2)n1. The number of hydrogen-bond donors (Lipinski definition) is 0. The summed E-state index contributed by atoms with van der Waals surface area (Å²) in [4.78, 5) is 12.6. The van der Waals surface area contributed by atoms with Crippen LogP contribution in [0.2, 0.25) is 0 Å². The van der Waals surface area contributed by atoms with Crippen molar-refractivity contribution in [2.24, 2.45) is 0 Å². The molecule has 0 saturated carbocycles. The average Bonchev–Trinajstić information content (AvgIpc) is 2.69. The zero-order valence-electron chi connectivity index (χ0n) is 7.78. The average molecular weight is 241 g/mol. The Kier molecular flexibility index (Phi) is 2.49. The molecular formula is C8H7N3O2S2. The van der Waals surface area contributed by atoms with Gasteiger partial charge in [-0.2, -0.15) is 0 Å². The first kappa shape index (κ1) is 10.2. The summed E-state index contributed by atoms with van der Waals surface area (Å²) in [6.07, 6.45) is 4.15. The van der Waals surface area contributed by atoms with E-state index in [0.717, 1.165) is 11.1 Å². The molecule has 2 rings (SSSR count). The molecule has 0 aliphatic carbocycles. The molecule has 78 valence electrons. The summed E-state index contributed by atoms with van der Waals surface area (Å²) in [5, 5.41) is 0.0286. The van der Waals surface area contributed by atoms with E-state index in [-0.39, 0.29) is 5.03 Å². The Balaban J connectivity index is 2.53. The van der Waals surface area contributed by atoms with Crippen LogP contribution in [0, 0.1) is 0 Å². The van der Waals surface area contributed by atoms with Gasteiger partial charge in [0, 0.05) is 18.6 Å². The van der Waals surface area contributed by atoms with E-state index in [1.807, 2.05) is 0 Å². The van der Waals surface area contributed by atoms with Crippen molar-refractivity contribution in [1.82, 2.24) is 15.0 Å². The molecule has 0 N–H and O–H groups in total. The molecule has 0 fully saturated rings. The molecule has 0 aromatic carbocycles. The Bertz CT molecular complexity index is 563. The lowest BCUT2D eigenvalue weighted by atomic mass is 10.5. The van der Waals surface area contributed by atoms with Crippen LogP contribution >= 0.6 is 11.3 Å². The summed E-state index contributed by atoms with van der Waals surface area (Å²) >= 11 is 1.36. The number of aromatic nitrogens is 3. The van der Waals surface area contributed by atoms with Gasteiger partial charge in [-0.25, -0.2) is 18.4 Å². The van der Waals surface area contributed by atoms with Gasteiger partial charge in [0.15, 0.2) is 20.7 Å². The molecule has 0 aliphatic rings. The van der Waals surface area contributed by atoms with Crippen LogP contribution in [0.4, 0.5) is 0 Å². The second kappa shape index (κ2) is 3.67. The number of rotatable bonds is 2. The summed E-state index contributed by atoms with van der Waals surface area (Å²) in [7, 11) is -3.28. The molecule has 0 bridgehead atoms. The van der Waals surface area contributed by atoms with E-state index in [0.29, 0.717) is 5.82 Å². The predicted molar refractivity (Wildman–Crippen MR) is 56.2 cm³/mol. The standard InChI is InChI=1S/C8H7N3O2S2/c1-15(12,13)7-2-3-10-8(11-7)6-4-9-5-14-6/h2-5H,1H3. The molecular weight excluding hydrogens is 234 g/mol. The van der Waals surface area contributed by atoms with Crippen molar-refractivity contribution < 1.29 is 8.42 Å². The van der Waals surface area contributed by atoms with E-state index < -0.39 is 9.84 Å². The van der Waals surface area contributed by atoms with Crippen LogP contribution in [-0.2, 0) is 9.84 Å². The number of nitrogens with zero attached hydrogens (tertiary/aromatic N) is 3. The van der Waals surface area contributed by atoms with Gasteiger partial charge in [-0.15, -0.1) is 11.3 Å². The number of sulfone groups is 1. The van der Waals surface area contributed by atoms with Crippen LogP contribution in [0.3, 0.4) is 0 Å². The minimum atomic E-state index is -3.28. The third kappa shape index (κ3) is 2.18. The second-order valence-corrected chi connectivity index (χ2v) is 5.71. The molecule has 0 atom stereocenters. The van der Waals surface area contributed by atoms with Crippen molar-refractivity contribution in [2.45, 2.75) is 5.03 Å². The van der Waals surface area contributed by atoms with Gasteiger partial charge in [0.1, 0.15) is 0 Å². The number of hydrogen-bond acceptors (Lipinski definition) is 6. The minimum absolute atomic E-state index is 0.0286. The van der Waals surface area contributed by atoms with E-state index in [4.69, 9.17) is 0 Å². The molecule has 7 heteroatoms. The molecule has 0 spiro atoms. The summed E-state index contributed by atoms with van der Waals surface area (Å²) in [5.74, 6) is 0.389. The molecule has 0 radical (unpaired) electrons. The second-order valence-electron chi connectivity index (χ2n) is 2.86. The fourth-order valence-electron chi connectivity index (χ4n) is 0.994. The summed E-state index contributed by atoms with van der Waals surface area (Å²) in [5.41, 5.74) is 1.64. The highest BCUT2D eigenvalue weighted by molar-refractivity contribution is 7.90. The zero-order valence-corrected chi connectivity index (χ0v) is 9.42. The Labute approximate surface area is 90.8 Å². The quantitative estimate of drug-likeness (QED) is 0.733. The van der Waals surface area contributed by atoms with Crippen molar-refractivity contribution in [3.8, 4) is 10.7 Å². The highest BCUT2D eigenvalue weighted by Crippen LogP contribution is 2.19. The van der Waals surface area contributed by atoms with Crippen LogP contribution in [0.25, 0.3) is 10.7 Å². The minimum Gasteiger partial charge on any atom is -0.252 e. The van der Waals surface area contributed by atoms with Crippen LogP contribution in [-0.4, -0.2) is 29.6 Å². The van der Waals surface area contributed by atoms with Crippen molar-refractivity contribution in [1.29, 1.82) is 0 Å². The first-order valence-corrected chi connectivity index (χ1v) is 6.76. The van der Waals surface area contributed by atoms with Gasteiger partial charge in [-0.3, -0.25) is 4.98 Å². The lowest BCUT2D eigenvalue weighted by Crippen LogP contribution is -2.01. The maximum atomic E-state index is 11.3. The van der Waals surface area contributed by atoms with Gasteiger partial charge in [0.25, 0.3) is 0 Å². The van der Waals surface area contributed by atoms with E-state index >= 15 is 0 Å². The van der Waals surface area contributed by atoms with E-state index in [1.165, 1.54) is 23.6 Å². The van der Waals surface area contributed by atoms with E-state index in [9.17, 15) is 8.42 Å². The fourth-order valence-corrected chi connectivity index (χ4v) is 2.11. The first-order chi connectivity index (χ1) is 7.07. The normalized spacial score (nSPS) is 11.5. The van der Waals surface area contributed by atoms with Crippen molar-refractivity contribution >= 4 is 21.2 Å². The molecule has 2 heterocycles. The van der Waals surface area contributed by atoms with Gasteiger partial charge < -0.3 is 0 Å². The molecule has 0 saturated heterocycles. The van der Waals surface area contributed by atoms with Crippen LogP contribution in [0.15, 0.2) is 29.0 Å². The topological polar surface area (TPSA) is 72.8 Å². The first-order valence-electron chi connectivity index (χ1n) is 3.99. The lowest BCUT2D eigenvalue weighted by Gasteiger charge is -1.98. The van der Waals surface area contributed by atoms with Gasteiger partial charge in [0.2, 0.25) is 0 Å². The maximum Gasteiger partial charge on any atom is 0.192 e. The third-order valence-corrected chi connectivity index (χ3v) is 3.42. The van der Waals surface area contributed by atoms with Crippen LogP contribution in [0.5, 0.6) is 0 Å². The molecule has 15 heavy (non-hydrogen) atoms. The summed E-state index contributed by atoms with van der Waals surface area (Å²) < 4.78 is 22.5. The summed E-state index contributed by atoms with van der Waals surface area (Å²) in [6.45, 7) is 0. The molecule has 0 amide bonds. The Morgan fingerprint density at radius 3 is 2.80 bits per heavy atom.